The summed E-state index contributed by atoms with van der Waals surface area (Å²) in [6, 6.07) is 15.2. The summed E-state index contributed by atoms with van der Waals surface area (Å²) in [5, 5.41) is 23.3. The highest BCUT2D eigenvalue weighted by Crippen LogP contribution is 2.10. The van der Waals surface area contributed by atoms with E-state index in [-0.39, 0.29) is 11.8 Å². The van der Waals surface area contributed by atoms with Crippen LogP contribution in [0.4, 0.5) is 10.5 Å². The van der Waals surface area contributed by atoms with Gasteiger partial charge in [-0.15, -0.1) is 0 Å². The Morgan fingerprint density at radius 2 is 1.76 bits per heavy atom. The molecule has 0 aliphatic carbocycles. The third-order valence-electron chi connectivity index (χ3n) is 2.91. The Hall–Kier alpha value is -3.00. The van der Waals surface area contributed by atoms with E-state index in [1.54, 1.807) is 36.4 Å². The van der Waals surface area contributed by atoms with Crippen LogP contribution in [0.25, 0.3) is 0 Å². The average molecular weight is 281 g/mol. The van der Waals surface area contributed by atoms with Gasteiger partial charge in [-0.25, -0.2) is 4.79 Å². The molecule has 0 aliphatic heterocycles. The first kappa shape index (κ1) is 14.4. The van der Waals surface area contributed by atoms with Gasteiger partial charge in [-0.05, 0) is 48.4 Å². The molecule has 21 heavy (non-hydrogen) atoms. The molecule has 0 radical (unpaired) electrons. The molecule has 5 nitrogen and oxygen atoms in total. The summed E-state index contributed by atoms with van der Waals surface area (Å²) in [7, 11) is 0. The molecule has 5 heteroatoms. The van der Waals surface area contributed by atoms with Crippen LogP contribution in [-0.4, -0.2) is 17.7 Å². The first-order valence-corrected chi connectivity index (χ1v) is 6.50. The minimum atomic E-state index is -0.293. The molecule has 2 aromatic carbocycles. The van der Waals surface area contributed by atoms with Crippen molar-refractivity contribution in [2.45, 2.75) is 6.42 Å². The number of hydrogen-bond donors (Lipinski definition) is 3. The molecular formula is C16H15N3O2. The monoisotopic (exact) mass is 281 g/mol. The van der Waals surface area contributed by atoms with Crippen LogP contribution in [0.1, 0.15) is 11.1 Å². The van der Waals surface area contributed by atoms with Crippen molar-refractivity contribution in [2.24, 2.45) is 0 Å². The number of phenolic OH excluding ortho intramolecular Hbond substituents is 1. The number of benzene rings is 2. The number of aromatic hydroxyl groups is 1. The van der Waals surface area contributed by atoms with Crippen LogP contribution in [-0.2, 0) is 6.42 Å². The molecule has 0 unspecified atom stereocenters. The first-order chi connectivity index (χ1) is 10.2. The van der Waals surface area contributed by atoms with Gasteiger partial charge >= 0.3 is 6.03 Å². The van der Waals surface area contributed by atoms with Crippen molar-refractivity contribution in [3.63, 3.8) is 0 Å². The zero-order chi connectivity index (χ0) is 15.1. The largest absolute Gasteiger partial charge is 0.508 e. The molecule has 0 bridgehead atoms. The summed E-state index contributed by atoms with van der Waals surface area (Å²) in [5.74, 6) is 0.227. The SMILES string of the molecule is N#Cc1ccc(NC(=O)NCCc2ccc(O)cc2)cc1. The van der Waals surface area contributed by atoms with Gasteiger partial charge in [0.05, 0.1) is 11.6 Å². The molecular weight excluding hydrogens is 266 g/mol. The van der Waals surface area contributed by atoms with Crippen LogP contribution in [0.2, 0.25) is 0 Å². The first-order valence-electron chi connectivity index (χ1n) is 6.50. The average Bonchev–Trinajstić information content (AvgIpc) is 2.50. The van der Waals surface area contributed by atoms with Crippen LogP contribution in [0.3, 0.4) is 0 Å². The summed E-state index contributed by atoms with van der Waals surface area (Å²) >= 11 is 0. The van der Waals surface area contributed by atoms with Crippen molar-refractivity contribution in [1.29, 1.82) is 5.26 Å². The van der Waals surface area contributed by atoms with Crippen LogP contribution in [0.15, 0.2) is 48.5 Å². The molecule has 0 heterocycles. The second-order valence-electron chi connectivity index (χ2n) is 4.49. The molecule has 2 amide bonds. The van der Waals surface area contributed by atoms with Gasteiger partial charge in [-0.2, -0.15) is 5.26 Å². The highest BCUT2D eigenvalue weighted by molar-refractivity contribution is 5.89. The van der Waals surface area contributed by atoms with E-state index in [1.807, 2.05) is 18.2 Å². The van der Waals surface area contributed by atoms with Gasteiger partial charge in [0.1, 0.15) is 5.75 Å². The topological polar surface area (TPSA) is 85.2 Å². The van der Waals surface area contributed by atoms with Crippen molar-refractivity contribution in [2.75, 3.05) is 11.9 Å². The minimum absolute atomic E-state index is 0.227. The van der Waals surface area contributed by atoms with E-state index in [0.717, 1.165) is 5.56 Å². The number of carbonyl (C=O) groups excluding carboxylic acids is 1. The molecule has 0 spiro atoms. The van der Waals surface area contributed by atoms with Crippen molar-refractivity contribution in [3.8, 4) is 11.8 Å². The maximum absolute atomic E-state index is 11.7. The lowest BCUT2D eigenvalue weighted by molar-refractivity contribution is 0.252. The Balaban J connectivity index is 1.76. The fourth-order valence-corrected chi connectivity index (χ4v) is 1.79. The Kier molecular flexibility index (Phi) is 4.78. The van der Waals surface area contributed by atoms with Gasteiger partial charge in [0, 0.05) is 12.2 Å². The summed E-state index contributed by atoms with van der Waals surface area (Å²) < 4.78 is 0. The van der Waals surface area contributed by atoms with E-state index >= 15 is 0 Å². The van der Waals surface area contributed by atoms with Gasteiger partial charge in [-0.1, -0.05) is 12.1 Å². The lowest BCUT2D eigenvalue weighted by atomic mass is 10.1. The van der Waals surface area contributed by atoms with E-state index in [0.29, 0.717) is 24.2 Å². The number of urea groups is 1. The molecule has 2 rings (SSSR count). The smallest absolute Gasteiger partial charge is 0.319 e. The Morgan fingerprint density at radius 3 is 2.38 bits per heavy atom. The lowest BCUT2D eigenvalue weighted by Gasteiger charge is -2.07. The minimum Gasteiger partial charge on any atom is -0.508 e. The zero-order valence-corrected chi connectivity index (χ0v) is 11.3. The molecule has 0 saturated carbocycles. The van der Waals surface area contributed by atoms with Crippen molar-refractivity contribution < 1.29 is 9.90 Å². The number of nitriles is 1. The highest BCUT2D eigenvalue weighted by atomic mass is 16.3. The second-order valence-corrected chi connectivity index (χ2v) is 4.49. The van der Waals surface area contributed by atoms with Crippen LogP contribution >= 0.6 is 0 Å². The second kappa shape index (κ2) is 6.96. The Morgan fingerprint density at radius 1 is 1.10 bits per heavy atom. The van der Waals surface area contributed by atoms with E-state index < -0.39 is 0 Å². The van der Waals surface area contributed by atoms with E-state index in [1.165, 1.54) is 0 Å². The molecule has 0 aromatic heterocycles. The maximum Gasteiger partial charge on any atom is 0.319 e. The standard InChI is InChI=1S/C16H15N3O2/c17-11-13-1-5-14(6-2-13)19-16(21)18-10-9-12-3-7-15(20)8-4-12/h1-8,20H,9-10H2,(H2,18,19,21). The van der Waals surface area contributed by atoms with E-state index in [2.05, 4.69) is 10.6 Å². The number of phenols is 1. The number of carbonyl (C=O) groups is 1. The number of anilines is 1. The fraction of sp³-hybridized carbons (Fsp3) is 0.125. The number of amides is 2. The molecule has 0 fully saturated rings. The normalized spacial score (nSPS) is 9.67. The van der Waals surface area contributed by atoms with Crippen LogP contribution in [0.5, 0.6) is 5.75 Å². The maximum atomic E-state index is 11.7. The molecule has 0 atom stereocenters. The van der Waals surface area contributed by atoms with Crippen molar-refractivity contribution in [1.82, 2.24) is 5.32 Å². The molecule has 3 N–H and O–H groups in total. The fourth-order valence-electron chi connectivity index (χ4n) is 1.79. The van der Waals surface area contributed by atoms with Gasteiger partial charge in [-0.3, -0.25) is 0 Å². The van der Waals surface area contributed by atoms with E-state index in [4.69, 9.17) is 5.26 Å². The predicted molar refractivity (Wildman–Crippen MR) is 80.0 cm³/mol. The van der Waals surface area contributed by atoms with Gasteiger partial charge < -0.3 is 15.7 Å². The highest BCUT2D eigenvalue weighted by Gasteiger charge is 2.01. The van der Waals surface area contributed by atoms with Crippen LogP contribution in [0, 0.1) is 11.3 Å². The molecule has 106 valence electrons. The van der Waals surface area contributed by atoms with Gasteiger partial charge in [0.2, 0.25) is 0 Å². The van der Waals surface area contributed by atoms with Gasteiger partial charge in [0.25, 0.3) is 0 Å². The van der Waals surface area contributed by atoms with E-state index in [9.17, 15) is 9.90 Å². The molecule has 0 saturated heterocycles. The molecule has 2 aromatic rings. The number of nitrogens with one attached hydrogen (secondary N) is 2. The third-order valence-corrected chi connectivity index (χ3v) is 2.91. The quantitative estimate of drug-likeness (QED) is 0.805. The predicted octanol–water partition coefficient (Wildman–Crippen LogP) is 2.63. The van der Waals surface area contributed by atoms with Crippen molar-refractivity contribution in [3.05, 3.63) is 59.7 Å². The number of hydrogen-bond acceptors (Lipinski definition) is 3. The summed E-state index contributed by atoms with van der Waals surface area (Å²) in [6.45, 7) is 0.493. The lowest BCUT2D eigenvalue weighted by Crippen LogP contribution is -2.30. The molecule has 0 aliphatic rings. The third kappa shape index (κ3) is 4.55. The number of rotatable bonds is 4. The van der Waals surface area contributed by atoms with Crippen molar-refractivity contribution >= 4 is 11.7 Å². The van der Waals surface area contributed by atoms with Gasteiger partial charge in [0.15, 0.2) is 0 Å². The Labute approximate surface area is 122 Å². The van der Waals surface area contributed by atoms with Crippen LogP contribution < -0.4 is 10.6 Å². The number of nitrogens with zero attached hydrogens (tertiary/aromatic N) is 1. The zero-order valence-electron chi connectivity index (χ0n) is 11.3. The summed E-state index contributed by atoms with van der Waals surface area (Å²) in [6.07, 6.45) is 0.682. The Bertz CT molecular complexity index is 643. The summed E-state index contributed by atoms with van der Waals surface area (Å²) in [4.78, 5) is 11.7. The summed E-state index contributed by atoms with van der Waals surface area (Å²) in [5.41, 5.74) is 2.22.